The van der Waals surface area contributed by atoms with E-state index in [2.05, 4.69) is 23.8 Å². The monoisotopic (exact) mass is 394 g/mol. The number of hydrogen-bond donors (Lipinski definition) is 0. The summed E-state index contributed by atoms with van der Waals surface area (Å²) in [5.74, 6) is 0.179. The van der Waals surface area contributed by atoms with Crippen LogP contribution in [0, 0.1) is 5.82 Å². The molecular formula is C23H27FN4O. The zero-order valence-electron chi connectivity index (χ0n) is 17.2. The van der Waals surface area contributed by atoms with E-state index in [1.54, 1.807) is 19.2 Å². The minimum atomic E-state index is -0.323. The first-order valence-corrected chi connectivity index (χ1v) is 9.95. The Labute approximate surface area is 171 Å². The molecule has 6 heteroatoms. The predicted molar refractivity (Wildman–Crippen MR) is 113 cm³/mol. The van der Waals surface area contributed by atoms with Crippen molar-refractivity contribution in [2.45, 2.75) is 19.5 Å². The number of hydrogen-bond acceptors (Lipinski definition) is 4. The molecule has 1 aliphatic rings. The third kappa shape index (κ3) is 4.18. The number of piperazine rings is 1. The van der Waals surface area contributed by atoms with Crippen molar-refractivity contribution in [1.29, 1.82) is 0 Å². The molecule has 4 rings (SSSR count). The van der Waals surface area contributed by atoms with E-state index in [0.717, 1.165) is 37.4 Å². The molecule has 0 bridgehead atoms. The molecule has 152 valence electrons. The molecule has 0 aliphatic carbocycles. The molecule has 0 radical (unpaired) electrons. The van der Waals surface area contributed by atoms with Gasteiger partial charge in [-0.3, -0.25) is 4.90 Å². The summed E-state index contributed by atoms with van der Waals surface area (Å²) >= 11 is 0. The van der Waals surface area contributed by atoms with Gasteiger partial charge >= 0.3 is 0 Å². The molecule has 0 saturated carbocycles. The van der Waals surface area contributed by atoms with Crippen LogP contribution in [0.25, 0.3) is 16.9 Å². The first kappa shape index (κ1) is 19.6. The Bertz CT molecular complexity index is 972. The topological polar surface area (TPSA) is 33.5 Å². The fourth-order valence-corrected chi connectivity index (χ4v) is 3.79. The molecule has 1 saturated heterocycles. The van der Waals surface area contributed by atoms with Gasteiger partial charge in [0.15, 0.2) is 0 Å². The van der Waals surface area contributed by atoms with E-state index < -0.39 is 0 Å². The lowest BCUT2D eigenvalue weighted by Crippen LogP contribution is -2.49. The van der Waals surface area contributed by atoms with E-state index in [9.17, 15) is 4.39 Å². The normalized spacial score (nSPS) is 18.1. The first-order chi connectivity index (χ1) is 14.0. The summed E-state index contributed by atoms with van der Waals surface area (Å²) in [4.78, 5) is 4.79. The van der Waals surface area contributed by atoms with E-state index in [1.165, 1.54) is 6.07 Å². The Hall–Kier alpha value is -2.70. The van der Waals surface area contributed by atoms with Crippen molar-refractivity contribution >= 4 is 0 Å². The van der Waals surface area contributed by atoms with Crippen LogP contribution in [-0.2, 0) is 6.54 Å². The maximum absolute atomic E-state index is 14.9. The number of para-hydroxylation sites is 1. The Morgan fingerprint density at radius 1 is 1.14 bits per heavy atom. The molecule has 1 fully saturated rings. The van der Waals surface area contributed by atoms with E-state index in [4.69, 9.17) is 9.84 Å². The molecule has 1 atom stereocenters. The predicted octanol–water partition coefficient (Wildman–Crippen LogP) is 3.82. The average Bonchev–Trinajstić information content (AvgIpc) is 3.14. The summed E-state index contributed by atoms with van der Waals surface area (Å²) in [5.41, 5.74) is 3.16. The van der Waals surface area contributed by atoms with Crippen LogP contribution in [-0.4, -0.2) is 59.4 Å². The van der Waals surface area contributed by atoms with Crippen LogP contribution in [0.1, 0.15) is 12.5 Å². The molecule has 2 heterocycles. The van der Waals surface area contributed by atoms with E-state index in [0.29, 0.717) is 23.0 Å². The Kier molecular flexibility index (Phi) is 5.65. The summed E-state index contributed by atoms with van der Waals surface area (Å²) < 4.78 is 21.9. The SMILES string of the molecule is COc1ccc(-c2nn(-c3ccccc3)cc2CN2CCN(C)C(C)C2)c(F)c1. The highest BCUT2D eigenvalue weighted by Gasteiger charge is 2.23. The summed E-state index contributed by atoms with van der Waals surface area (Å²) in [6.07, 6.45) is 2.03. The minimum Gasteiger partial charge on any atom is -0.497 e. The second kappa shape index (κ2) is 8.35. The van der Waals surface area contributed by atoms with Gasteiger partial charge in [0, 0.05) is 55.6 Å². The molecule has 5 nitrogen and oxygen atoms in total. The highest BCUT2D eigenvalue weighted by Crippen LogP contribution is 2.30. The summed E-state index contributed by atoms with van der Waals surface area (Å²) in [5, 5.41) is 4.77. The highest BCUT2D eigenvalue weighted by molar-refractivity contribution is 5.65. The lowest BCUT2D eigenvalue weighted by Gasteiger charge is -2.37. The smallest absolute Gasteiger partial charge is 0.136 e. The van der Waals surface area contributed by atoms with E-state index in [-0.39, 0.29) is 5.82 Å². The molecule has 2 aromatic carbocycles. The van der Waals surface area contributed by atoms with Crippen LogP contribution in [0.4, 0.5) is 4.39 Å². The van der Waals surface area contributed by atoms with Crippen molar-refractivity contribution < 1.29 is 9.13 Å². The fraction of sp³-hybridized carbons (Fsp3) is 0.348. The van der Waals surface area contributed by atoms with Gasteiger partial charge in [0.05, 0.1) is 12.8 Å². The van der Waals surface area contributed by atoms with Gasteiger partial charge in [0.2, 0.25) is 0 Å². The number of halogens is 1. The number of likely N-dealkylation sites (N-methyl/N-ethyl adjacent to an activating group) is 1. The second-order valence-corrected chi connectivity index (χ2v) is 7.69. The molecule has 1 aliphatic heterocycles. The van der Waals surface area contributed by atoms with Crippen molar-refractivity contribution in [2.75, 3.05) is 33.8 Å². The zero-order chi connectivity index (χ0) is 20.4. The van der Waals surface area contributed by atoms with Crippen LogP contribution in [0.15, 0.2) is 54.7 Å². The quantitative estimate of drug-likeness (QED) is 0.659. The van der Waals surface area contributed by atoms with Crippen LogP contribution >= 0.6 is 0 Å². The van der Waals surface area contributed by atoms with Gasteiger partial charge in [-0.1, -0.05) is 18.2 Å². The molecule has 0 amide bonds. The minimum absolute atomic E-state index is 0.323. The third-order valence-electron chi connectivity index (χ3n) is 5.68. The summed E-state index contributed by atoms with van der Waals surface area (Å²) in [7, 11) is 3.70. The van der Waals surface area contributed by atoms with Crippen molar-refractivity contribution in [3.63, 3.8) is 0 Å². The standard InChI is InChI=1S/C23H27FN4O/c1-17-14-27(12-11-26(17)2)15-18-16-28(19-7-5-4-6-8-19)25-23(18)21-10-9-20(29-3)13-22(21)24/h4-10,13,16-17H,11-12,14-15H2,1-3H3. The lowest BCUT2D eigenvalue weighted by atomic mass is 10.1. The zero-order valence-corrected chi connectivity index (χ0v) is 17.2. The Morgan fingerprint density at radius 2 is 1.93 bits per heavy atom. The Balaban J connectivity index is 1.71. The van der Waals surface area contributed by atoms with Crippen LogP contribution in [0.5, 0.6) is 5.75 Å². The molecule has 3 aromatic rings. The summed E-state index contributed by atoms with van der Waals surface area (Å²) in [6.45, 7) is 5.98. The number of ether oxygens (including phenoxy) is 1. The first-order valence-electron chi connectivity index (χ1n) is 9.95. The van der Waals surface area contributed by atoms with Crippen molar-refractivity contribution in [3.05, 3.63) is 66.1 Å². The van der Waals surface area contributed by atoms with Crippen molar-refractivity contribution in [2.24, 2.45) is 0 Å². The lowest BCUT2D eigenvalue weighted by molar-refractivity contribution is 0.100. The van der Waals surface area contributed by atoms with Crippen molar-refractivity contribution in [1.82, 2.24) is 19.6 Å². The van der Waals surface area contributed by atoms with Crippen LogP contribution < -0.4 is 4.74 Å². The number of aromatic nitrogens is 2. The molecule has 1 aromatic heterocycles. The molecule has 0 N–H and O–H groups in total. The molecule has 1 unspecified atom stereocenters. The van der Waals surface area contributed by atoms with Gasteiger partial charge in [-0.05, 0) is 38.2 Å². The molecular weight excluding hydrogens is 367 g/mol. The Morgan fingerprint density at radius 3 is 2.62 bits per heavy atom. The summed E-state index contributed by atoms with van der Waals surface area (Å²) in [6, 6.07) is 15.4. The number of rotatable bonds is 5. The van der Waals surface area contributed by atoms with Gasteiger partial charge in [-0.25, -0.2) is 9.07 Å². The fourth-order valence-electron chi connectivity index (χ4n) is 3.79. The maximum atomic E-state index is 14.9. The van der Waals surface area contributed by atoms with E-state index >= 15 is 0 Å². The van der Waals surface area contributed by atoms with Gasteiger partial charge in [0.1, 0.15) is 17.3 Å². The number of methoxy groups -OCH3 is 1. The van der Waals surface area contributed by atoms with Gasteiger partial charge in [0.25, 0.3) is 0 Å². The number of benzene rings is 2. The number of nitrogens with zero attached hydrogens (tertiary/aromatic N) is 4. The third-order valence-corrected chi connectivity index (χ3v) is 5.68. The highest BCUT2D eigenvalue weighted by atomic mass is 19.1. The van der Waals surface area contributed by atoms with Crippen LogP contribution in [0.3, 0.4) is 0 Å². The molecule has 0 spiro atoms. The average molecular weight is 394 g/mol. The van der Waals surface area contributed by atoms with Gasteiger partial charge in [-0.2, -0.15) is 5.10 Å². The second-order valence-electron chi connectivity index (χ2n) is 7.69. The van der Waals surface area contributed by atoms with Gasteiger partial charge < -0.3 is 9.64 Å². The maximum Gasteiger partial charge on any atom is 0.136 e. The van der Waals surface area contributed by atoms with Crippen molar-refractivity contribution in [3.8, 4) is 22.7 Å². The van der Waals surface area contributed by atoms with Crippen LogP contribution in [0.2, 0.25) is 0 Å². The van der Waals surface area contributed by atoms with Gasteiger partial charge in [-0.15, -0.1) is 0 Å². The largest absolute Gasteiger partial charge is 0.497 e. The van der Waals surface area contributed by atoms with E-state index in [1.807, 2.05) is 41.2 Å². The molecule has 29 heavy (non-hydrogen) atoms.